The van der Waals surface area contributed by atoms with Crippen LogP contribution in [0.1, 0.15) is 32.1 Å². The Labute approximate surface area is 160 Å². The van der Waals surface area contributed by atoms with Gasteiger partial charge in [-0.05, 0) is 49.5 Å². The van der Waals surface area contributed by atoms with E-state index in [-0.39, 0.29) is 0 Å². The summed E-state index contributed by atoms with van der Waals surface area (Å²) in [5.74, 6) is 0.700. The Morgan fingerprint density at radius 2 is 1.96 bits per heavy atom. The molecule has 1 aromatic rings. The monoisotopic (exact) mass is 378 g/mol. The minimum atomic E-state index is 0.555. The predicted molar refractivity (Wildman–Crippen MR) is 101 cm³/mol. The lowest BCUT2D eigenvalue weighted by atomic mass is 9.75. The first-order valence-electron chi connectivity index (χ1n) is 9.92. The van der Waals surface area contributed by atoms with Crippen molar-refractivity contribution < 1.29 is 9.47 Å². The smallest absolute Gasteiger partial charge is 0.233 e. The molecule has 7 heteroatoms. The maximum atomic E-state index is 5.43. The molecule has 0 radical (unpaired) electrons. The molecule has 1 saturated carbocycles. The van der Waals surface area contributed by atoms with E-state index >= 15 is 0 Å². The maximum Gasteiger partial charge on any atom is 0.233 e. The summed E-state index contributed by atoms with van der Waals surface area (Å²) >= 11 is 1.83. The number of likely N-dealkylation sites (tertiary alicyclic amines) is 1. The topological polar surface area (TPSA) is 42.8 Å². The van der Waals surface area contributed by atoms with Gasteiger partial charge in [-0.25, -0.2) is 4.31 Å². The number of rotatable bonds is 4. The van der Waals surface area contributed by atoms with Crippen LogP contribution < -0.4 is 4.74 Å². The van der Waals surface area contributed by atoms with E-state index in [1.54, 1.807) is 7.11 Å². The van der Waals surface area contributed by atoms with Crippen molar-refractivity contribution in [3.05, 3.63) is 6.07 Å². The molecule has 3 aliphatic heterocycles. The van der Waals surface area contributed by atoms with Crippen LogP contribution in [0.15, 0.2) is 11.1 Å². The van der Waals surface area contributed by atoms with Crippen molar-refractivity contribution in [3.8, 4) is 5.88 Å². The van der Waals surface area contributed by atoms with Gasteiger partial charge in [0.25, 0.3) is 0 Å². The van der Waals surface area contributed by atoms with Crippen molar-refractivity contribution in [2.24, 2.45) is 17.9 Å². The predicted octanol–water partition coefficient (Wildman–Crippen LogP) is 2.40. The van der Waals surface area contributed by atoms with Gasteiger partial charge in [-0.15, -0.1) is 5.10 Å². The van der Waals surface area contributed by atoms with Gasteiger partial charge in [0.15, 0.2) is 0 Å². The second-order valence-electron chi connectivity index (χ2n) is 8.96. The van der Waals surface area contributed by atoms with Crippen LogP contribution in [-0.2, 0) is 11.8 Å². The van der Waals surface area contributed by atoms with Gasteiger partial charge < -0.3 is 9.47 Å². The third kappa shape index (κ3) is 2.97. The molecule has 5 rings (SSSR count). The first kappa shape index (κ1) is 17.3. The van der Waals surface area contributed by atoms with Gasteiger partial charge in [0.05, 0.1) is 20.3 Å². The number of hydrogen-bond donors (Lipinski definition) is 0. The lowest BCUT2D eigenvalue weighted by Crippen LogP contribution is -2.67. The minimum Gasteiger partial charge on any atom is -0.480 e. The SMILES string of the molecule is COc1cc(SN2CCC3(CCC(N4CC5(COC5)C4)C3)CC2)n(C)n1. The van der Waals surface area contributed by atoms with Crippen LogP contribution in [0, 0.1) is 10.8 Å². The average molecular weight is 379 g/mol. The first-order chi connectivity index (χ1) is 12.6. The molecular weight excluding hydrogens is 348 g/mol. The van der Waals surface area contributed by atoms with Crippen molar-refractivity contribution in [2.75, 3.05) is 46.5 Å². The van der Waals surface area contributed by atoms with Gasteiger partial charge in [0.2, 0.25) is 5.88 Å². The molecule has 0 N–H and O–H groups in total. The lowest BCUT2D eigenvalue weighted by Gasteiger charge is -2.57. The van der Waals surface area contributed by atoms with Crippen molar-refractivity contribution in [1.29, 1.82) is 0 Å². The van der Waals surface area contributed by atoms with Gasteiger partial charge >= 0.3 is 0 Å². The number of methoxy groups -OCH3 is 1. The Balaban J connectivity index is 1.13. The molecule has 1 aliphatic carbocycles. The normalized spacial score (nSPS) is 30.5. The van der Waals surface area contributed by atoms with Crippen LogP contribution in [0.25, 0.3) is 0 Å². The van der Waals surface area contributed by atoms with E-state index in [4.69, 9.17) is 9.47 Å². The van der Waals surface area contributed by atoms with E-state index in [0.29, 0.717) is 16.7 Å². The number of ether oxygens (including phenoxy) is 2. The molecule has 4 fully saturated rings. The molecule has 0 aromatic carbocycles. The highest BCUT2D eigenvalue weighted by Crippen LogP contribution is 2.51. The second kappa shape index (κ2) is 6.40. The number of aryl methyl sites for hydroxylation is 1. The summed E-state index contributed by atoms with van der Waals surface area (Å²) in [5.41, 5.74) is 1.16. The Bertz CT molecular complexity index is 658. The summed E-state index contributed by atoms with van der Waals surface area (Å²) in [5, 5.41) is 5.53. The highest BCUT2D eigenvalue weighted by atomic mass is 32.2. The highest BCUT2D eigenvalue weighted by Gasteiger charge is 2.53. The molecule has 0 amide bonds. The summed E-state index contributed by atoms with van der Waals surface area (Å²) in [6, 6.07) is 2.87. The summed E-state index contributed by atoms with van der Waals surface area (Å²) in [4.78, 5) is 2.75. The van der Waals surface area contributed by atoms with Crippen LogP contribution in [-0.4, -0.2) is 71.5 Å². The van der Waals surface area contributed by atoms with E-state index in [9.17, 15) is 0 Å². The van der Waals surface area contributed by atoms with Gasteiger partial charge in [-0.1, -0.05) is 0 Å². The van der Waals surface area contributed by atoms with E-state index < -0.39 is 0 Å². The molecule has 3 saturated heterocycles. The summed E-state index contributed by atoms with van der Waals surface area (Å²) in [7, 11) is 3.67. The zero-order chi connectivity index (χ0) is 17.8. The molecule has 144 valence electrons. The average Bonchev–Trinajstić information content (AvgIpc) is 3.12. The van der Waals surface area contributed by atoms with Gasteiger partial charge in [0.1, 0.15) is 5.03 Å². The molecule has 1 unspecified atom stereocenters. The third-order valence-electron chi connectivity index (χ3n) is 7.12. The van der Waals surface area contributed by atoms with Crippen LogP contribution in [0.2, 0.25) is 0 Å². The van der Waals surface area contributed by atoms with Crippen molar-refractivity contribution in [3.63, 3.8) is 0 Å². The third-order valence-corrected chi connectivity index (χ3v) is 8.31. The number of piperidine rings is 1. The lowest BCUT2D eigenvalue weighted by molar-refractivity contribution is -0.198. The standard InChI is InChI=1S/C19H30N4O2S/c1-21-17(9-16(20-21)24-2)26-23-7-5-18(6-8-23)4-3-15(10-18)22-11-19(12-22)13-25-14-19/h9,15H,3-8,10-14H2,1-2H3. The van der Waals surface area contributed by atoms with E-state index in [1.165, 1.54) is 58.3 Å². The molecule has 1 atom stereocenters. The largest absolute Gasteiger partial charge is 0.480 e. The van der Waals surface area contributed by atoms with E-state index in [2.05, 4.69) is 14.3 Å². The van der Waals surface area contributed by atoms with E-state index in [1.807, 2.05) is 29.7 Å². The molecule has 1 aromatic heterocycles. The van der Waals surface area contributed by atoms with Gasteiger partial charge in [-0.2, -0.15) is 0 Å². The molecule has 6 nitrogen and oxygen atoms in total. The Morgan fingerprint density at radius 3 is 2.58 bits per heavy atom. The summed E-state index contributed by atoms with van der Waals surface area (Å²) in [6.45, 7) is 6.96. The van der Waals surface area contributed by atoms with Crippen molar-refractivity contribution >= 4 is 11.9 Å². The Hall–Kier alpha value is -0.760. The van der Waals surface area contributed by atoms with Gasteiger partial charge in [0, 0.05) is 50.7 Å². The van der Waals surface area contributed by atoms with Crippen LogP contribution >= 0.6 is 11.9 Å². The molecule has 2 spiro atoms. The number of aromatic nitrogens is 2. The van der Waals surface area contributed by atoms with Crippen molar-refractivity contribution in [1.82, 2.24) is 19.0 Å². The zero-order valence-electron chi connectivity index (χ0n) is 15.9. The zero-order valence-corrected chi connectivity index (χ0v) is 16.8. The summed E-state index contributed by atoms with van der Waals surface area (Å²) < 4.78 is 15.1. The second-order valence-corrected chi connectivity index (χ2v) is 10.1. The van der Waals surface area contributed by atoms with E-state index in [0.717, 1.165) is 24.3 Å². The maximum absolute atomic E-state index is 5.43. The Morgan fingerprint density at radius 1 is 1.19 bits per heavy atom. The summed E-state index contributed by atoms with van der Waals surface area (Å²) in [6.07, 6.45) is 6.93. The fourth-order valence-electron chi connectivity index (χ4n) is 5.38. The van der Waals surface area contributed by atoms with Gasteiger partial charge in [-0.3, -0.25) is 9.58 Å². The van der Waals surface area contributed by atoms with Crippen molar-refractivity contribution in [2.45, 2.75) is 43.2 Å². The van der Waals surface area contributed by atoms with Crippen LogP contribution in [0.5, 0.6) is 5.88 Å². The highest BCUT2D eigenvalue weighted by molar-refractivity contribution is 7.97. The van der Waals surface area contributed by atoms with Crippen LogP contribution in [0.3, 0.4) is 0 Å². The molecule has 4 heterocycles. The minimum absolute atomic E-state index is 0.555. The quantitative estimate of drug-likeness (QED) is 0.750. The molecular formula is C19H30N4O2S. The van der Waals surface area contributed by atoms with Crippen LogP contribution in [0.4, 0.5) is 0 Å². The molecule has 0 bridgehead atoms. The number of nitrogens with zero attached hydrogens (tertiary/aromatic N) is 4. The fraction of sp³-hybridized carbons (Fsp3) is 0.842. The first-order valence-corrected chi connectivity index (χ1v) is 10.7. The number of hydrogen-bond acceptors (Lipinski definition) is 6. The molecule has 26 heavy (non-hydrogen) atoms. The fourth-order valence-corrected chi connectivity index (χ4v) is 6.33. The molecule has 4 aliphatic rings. The Kier molecular flexibility index (Phi) is 4.27.